The lowest BCUT2D eigenvalue weighted by Crippen LogP contribution is -2.40. The van der Waals surface area contributed by atoms with E-state index in [1.807, 2.05) is 25.1 Å². The number of halogens is 2. The molecule has 2 aliphatic rings. The Hall–Kier alpha value is -1.87. The molecule has 3 heterocycles. The highest BCUT2D eigenvalue weighted by Crippen LogP contribution is 2.26. The largest absolute Gasteiger partial charge is 0.378 e. The molecule has 2 aliphatic heterocycles. The van der Waals surface area contributed by atoms with Crippen LogP contribution in [0, 0.1) is 6.92 Å². The summed E-state index contributed by atoms with van der Waals surface area (Å²) in [5.41, 5.74) is 1.84. The maximum atomic E-state index is 6.25. The van der Waals surface area contributed by atoms with E-state index in [1.54, 1.807) is 0 Å². The van der Waals surface area contributed by atoms with Crippen molar-refractivity contribution < 1.29 is 9.47 Å². The van der Waals surface area contributed by atoms with Gasteiger partial charge in [-0.1, -0.05) is 17.7 Å². The molecule has 152 valence electrons. The van der Waals surface area contributed by atoms with E-state index in [0.717, 1.165) is 37.4 Å². The molecule has 0 spiro atoms. The first kappa shape index (κ1) is 20.9. The zero-order valence-electron chi connectivity index (χ0n) is 15.7. The van der Waals surface area contributed by atoms with Crippen LogP contribution in [0.2, 0.25) is 5.02 Å². The summed E-state index contributed by atoms with van der Waals surface area (Å²) in [5, 5.41) is 4.01. The van der Waals surface area contributed by atoms with Crippen molar-refractivity contribution in [3.8, 4) is 0 Å². The van der Waals surface area contributed by atoms with Gasteiger partial charge < -0.3 is 24.6 Å². The fourth-order valence-electron chi connectivity index (χ4n) is 3.08. The van der Waals surface area contributed by atoms with Gasteiger partial charge in [-0.2, -0.15) is 15.0 Å². The third-order valence-electron chi connectivity index (χ3n) is 4.71. The molecular weight excluding hydrogens is 403 g/mol. The lowest BCUT2D eigenvalue weighted by Gasteiger charge is -2.30. The van der Waals surface area contributed by atoms with E-state index in [2.05, 4.69) is 25.1 Å². The fourth-order valence-corrected chi connectivity index (χ4v) is 3.26. The molecule has 0 saturated carbocycles. The predicted octanol–water partition coefficient (Wildman–Crippen LogP) is 2.67. The highest BCUT2D eigenvalue weighted by Gasteiger charge is 2.21. The highest BCUT2D eigenvalue weighted by molar-refractivity contribution is 6.31. The summed E-state index contributed by atoms with van der Waals surface area (Å²) in [5.74, 6) is 1.84. The second kappa shape index (κ2) is 9.56. The van der Waals surface area contributed by atoms with Gasteiger partial charge in [0.15, 0.2) is 0 Å². The van der Waals surface area contributed by atoms with E-state index >= 15 is 0 Å². The summed E-state index contributed by atoms with van der Waals surface area (Å²) < 4.78 is 10.9. The van der Waals surface area contributed by atoms with Crippen molar-refractivity contribution in [1.29, 1.82) is 0 Å². The molecule has 2 aromatic rings. The molecule has 10 heteroatoms. The number of anilines is 4. The topological polar surface area (TPSA) is 75.6 Å². The number of hydrogen-bond acceptors (Lipinski definition) is 8. The first-order chi connectivity index (χ1) is 13.2. The van der Waals surface area contributed by atoms with Gasteiger partial charge in [0.1, 0.15) is 0 Å². The zero-order valence-corrected chi connectivity index (χ0v) is 17.3. The first-order valence-electron chi connectivity index (χ1n) is 9.14. The lowest BCUT2D eigenvalue weighted by atomic mass is 10.2. The van der Waals surface area contributed by atoms with Crippen molar-refractivity contribution in [2.75, 3.05) is 67.7 Å². The predicted molar refractivity (Wildman–Crippen MR) is 113 cm³/mol. The average molecular weight is 427 g/mol. The maximum absolute atomic E-state index is 6.25. The molecule has 28 heavy (non-hydrogen) atoms. The Morgan fingerprint density at radius 1 is 0.893 bits per heavy atom. The van der Waals surface area contributed by atoms with Crippen LogP contribution in [0.5, 0.6) is 0 Å². The highest BCUT2D eigenvalue weighted by atomic mass is 35.5. The number of rotatable bonds is 4. The minimum absolute atomic E-state index is 0. The summed E-state index contributed by atoms with van der Waals surface area (Å²) in [6, 6.07) is 5.74. The number of ether oxygens (including phenoxy) is 2. The van der Waals surface area contributed by atoms with E-state index in [1.165, 1.54) is 0 Å². The van der Waals surface area contributed by atoms with Gasteiger partial charge in [0.25, 0.3) is 0 Å². The van der Waals surface area contributed by atoms with Gasteiger partial charge in [-0.15, -0.1) is 12.4 Å². The minimum atomic E-state index is 0. The molecule has 8 nitrogen and oxygen atoms in total. The molecule has 0 amide bonds. The second-order valence-corrected chi connectivity index (χ2v) is 6.90. The molecule has 0 radical (unpaired) electrons. The summed E-state index contributed by atoms with van der Waals surface area (Å²) in [6.07, 6.45) is 0. The van der Waals surface area contributed by atoms with Crippen LogP contribution < -0.4 is 15.1 Å². The lowest BCUT2D eigenvalue weighted by molar-refractivity contribution is 0.121. The van der Waals surface area contributed by atoms with Crippen LogP contribution in [-0.4, -0.2) is 67.6 Å². The Kier molecular flexibility index (Phi) is 7.12. The van der Waals surface area contributed by atoms with Gasteiger partial charge >= 0.3 is 0 Å². The molecule has 2 fully saturated rings. The Labute approximate surface area is 175 Å². The van der Waals surface area contributed by atoms with Gasteiger partial charge in [0.2, 0.25) is 17.8 Å². The van der Waals surface area contributed by atoms with E-state index in [-0.39, 0.29) is 12.4 Å². The minimum Gasteiger partial charge on any atom is -0.378 e. The number of nitrogens with one attached hydrogen (secondary N) is 1. The number of hydrogen-bond donors (Lipinski definition) is 1. The van der Waals surface area contributed by atoms with Crippen molar-refractivity contribution >= 4 is 47.5 Å². The SMILES string of the molecule is Cc1c(Cl)cccc1Nc1nc(N2CCOCC2)nc(N2CCOCC2)n1.Cl. The summed E-state index contributed by atoms with van der Waals surface area (Å²) in [4.78, 5) is 18.3. The van der Waals surface area contributed by atoms with Crippen molar-refractivity contribution in [2.45, 2.75) is 6.92 Å². The third kappa shape index (κ3) is 4.75. The Morgan fingerprint density at radius 2 is 1.43 bits per heavy atom. The molecular formula is C18H24Cl2N6O2. The third-order valence-corrected chi connectivity index (χ3v) is 5.12. The molecule has 2 saturated heterocycles. The average Bonchev–Trinajstić information content (AvgIpc) is 2.72. The Morgan fingerprint density at radius 3 is 1.96 bits per heavy atom. The standard InChI is InChI=1S/C18H23ClN6O2.ClH/c1-13-14(19)3-2-4-15(13)20-16-21-17(24-5-9-26-10-6-24)23-18(22-16)25-7-11-27-12-8-25;/h2-4H,5-12H2,1H3,(H,20,21,22,23);1H. The van der Waals surface area contributed by atoms with Crippen molar-refractivity contribution in [2.24, 2.45) is 0 Å². The van der Waals surface area contributed by atoms with E-state index in [0.29, 0.717) is 49.3 Å². The van der Waals surface area contributed by atoms with Crippen molar-refractivity contribution in [1.82, 2.24) is 15.0 Å². The van der Waals surface area contributed by atoms with Crippen LogP contribution >= 0.6 is 24.0 Å². The van der Waals surface area contributed by atoms with Crippen LogP contribution in [0.25, 0.3) is 0 Å². The number of morpholine rings is 2. The Balaban J connectivity index is 0.00000225. The number of aromatic nitrogens is 3. The summed E-state index contributed by atoms with van der Waals surface area (Å²) in [7, 11) is 0. The van der Waals surface area contributed by atoms with Gasteiger partial charge in [-0.25, -0.2) is 0 Å². The number of benzene rings is 1. The Bertz CT molecular complexity index is 761. The smallest absolute Gasteiger partial charge is 0.233 e. The van der Waals surface area contributed by atoms with E-state index < -0.39 is 0 Å². The number of nitrogens with zero attached hydrogens (tertiary/aromatic N) is 5. The van der Waals surface area contributed by atoms with Crippen LogP contribution in [0.3, 0.4) is 0 Å². The quantitative estimate of drug-likeness (QED) is 0.799. The van der Waals surface area contributed by atoms with Gasteiger partial charge in [-0.3, -0.25) is 0 Å². The van der Waals surface area contributed by atoms with Gasteiger partial charge in [-0.05, 0) is 24.6 Å². The molecule has 1 aromatic carbocycles. The van der Waals surface area contributed by atoms with Crippen LogP contribution in [-0.2, 0) is 9.47 Å². The molecule has 0 bridgehead atoms. The first-order valence-corrected chi connectivity index (χ1v) is 9.52. The van der Waals surface area contributed by atoms with Crippen LogP contribution in [0.1, 0.15) is 5.56 Å². The van der Waals surface area contributed by atoms with Gasteiger partial charge in [0.05, 0.1) is 26.4 Å². The van der Waals surface area contributed by atoms with Crippen LogP contribution in [0.15, 0.2) is 18.2 Å². The van der Waals surface area contributed by atoms with Gasteiger partial charge in [0, 0.05) is 36.9 Å². The normalized spacial score (nSPS) is 17.2. The molecule has 4 rings (SSSR count). The monoisotopic (exact) mass is 426 g/mol. The molecule has 0 unspecified atom stereocenters. The maximum Gasteiger partial charge on any atom is 0.233 e. The molecule has 1 N–H and O–H groups in total. The summed E-state index contributed by atoms with van der Waals surface area (Å²) >= 11 is 6.25. The van der Waals surface area contributed by atoms with E-state index in [9.17, 15) is 0 Å². The van der Waals surface area contributed by atoms with Crippen molar-refractivity contribution in [3.63, 3.8) is 0 Å². The van der Waals surface area contributed by atoms with E-state index in [4.69, 9.17) is 26.1 Å². The summed E-state index contributed by atoms with van der Waals surface area (Å²) in [6.45, 7) is 7.74. The zero-order chi connectivity index (χ0) is 18.6. The molecule has 0 aliphatic carbocycles. The fraction of sp³-hybridized carbons (Fsp3) is 0.500. The van der Waals surface area contributed by atoms with Crippen molar-refractivity contribution in [3.05, 3.63) is 28.8 Å². The van der Waals surface area contributed by atoms with Crippen LogP contribution in [0.4, 0.5) is 23.5 Å². The molecule has 1 aromatic heterocycles. The molecule has 0 atom stereocenters. The second-order valence-electron chi connectivity index (χ2n) is 6.50.